The van der Waals surface area contributed by atoms with E-state index in [9.17, 15) is 9.59 Å². The molecule has 1 saturated heterocycles. The van der Waals surface area contributed by atoms with Gasteiger partial charge in [0.2, 0.25) is 5.91 Å². The molecule has 0 spiro atoms. The van der Waals surface area contributed by atoms with Gasteiger partial charge in [0.05, 0.1) is 19.6 Å². The van der Waals surface area contributed by atoms with E-state index in [0.717, 1.165) is 0 Å². The van der Waals surface area contributed by atoms with E-state index in [1.165, 1.54) is 7.11 Å². The zero-order chi connectivity index (χ0) is 12.7. The van der Waals surface area contributed by atoms with Crippen molar-refractivity contribution in [3.8, 4) is 6.07 Å². The van der Waals surface area contributed by atoms with Gasteiger partial charge in [-0.25, -0.2) is 0 Å². The Morgan fingerprint density at radius 3 is 2.65 bits per heavy atom. The van der Waals surface area contributed by atoms with Crippen molar-refractivity contribution < 1.29 is 19.1 Å². The van der Waals surface area contributed by atoms with E-state index in [0.29, 0.717) is 26.1 Å². The summed E-state index contributed by atoms with van der Waals surface area (Å²) in [4.78, 5) is 22.7. The number of hydrogen-bond donors (Lipinski definition) is 1. The number of carbonyl (C=O) groups is 2. The molecule has 0 radical (unpaired) electrons. The van der Waals surface area contributed by atoms with E-state index in [1.54, 1.807) is 0 Å². The number of hydrogen-bond acceptors (Lipinski definition) is 5. The van der Waals surface area contributed by atoms with Crippen LogP contribution in [0, 0.1) is 16.7 Å². The van der Waals surface area contributed by atoms with Crippen LogP contribution in [0.25, 0.3) is 0 Å². The Hall–Kier alpha value is -1.61. The van der Waals surface area contributed by atoms with Gasteiger partial charge < -0.3 is 14.8 Å². The highest BCUT2D eigenvalue weighted by Gasteiger charge is 2.40. The summed E-state index contributed by atoms with van der Waals surface area (Å²) < 4.78 is 9.59. The first-order valence-corrected chi connectivity index (χ1v) is 5.49. The van der Waals surface area contributed by atoms with Gasteiger partial charge in [0.1, 0.15) is 5.41 Å². The van der Waals surface area contributed by atoms with Crippen molar-refractivity contribution in [2.75, 3.05) is 26.9 Å². The lowest BCUT2D eigenvalue weighted by Gasteiger charge is -2.29. The molecule has 6 nitrogen and oxygen atoms in total. The first-order valence-electron chi connectivity index (χ1n) is 5.49. The van der Waals surface area contributed by atoms with Crippen molar-refractivity contribution in [2.24, 2.45) is 5.41 Å². The molecule has 1 fully saturated rings. The molecule has 94 valence electrons. The van der Waals surface area contributed by atoms with Gasteiger partial charge in [-0.3, -0.25) is 9.59 Å². The normalized spacial score (nSPS) is 17.9. The van der Waals surface area contributed by atoms with Crippen LogP contribution >= 0.6 is 0 Å². The predicted molar refractivity (Wildman–Crippen MR) is 57.7 cm³/mol. The molecule has 6 heteroatoms. The minimum Gasteiger partial charge on any atom is -0.469 e. The summed E-state index contributed by atoms with van der Waals surface area (Å²) in [5.41, 5.74) is -1.01. The molecule has 0 aromatic heterocycles. The van der Waals surface area contributed by atoms with E-state index < -0.39 is 5.41 Å². The Morgan fingerprint density at radius 1 is 1.47 bits per heavy atom. The molecule has 17 heavy (non-hydrogen) atoms. The third-order valence-corrected chi connectivity index (χ3v) is 2.84. The monoisotopic (exact) mass is 240 g/mol. The zero-order valence-corrected chi connectivity index (χ0v) is 9.82. The topological polar surface area (TPSA) is 88.4 Å². The van der Waals surface area contributed by atoms with Crippen LogP contribution in [0.3, 0.4) is 0 Å². The average Bonchev–Trinajstić information content (AvgIpc) is 2.39. The molecule has 0 aliphatic carbocycles. The third kappa shape index (κ3) is 3.43. The molecule has 0 bridgehead atoms. The fourth-order valence-electron chi connectivity index (χ4n) is 1.66. The van der Waals surface area contributed by atoms with Crippen LogP contribution in [0.4, 0.5) is 0 Å². The second kappa shape index (κ2) is 6.21. The lowest BCUT2D eigenvalue weighted by molar-refractivity contribution is -0.140. The van der Waals surface area contributed by atoms with Gasteiger partial charge in [-0.2, -0.15) is 5.26 Å². The van der Waals surface area contributed by atoms with Crippen LogP contribution in [0.15, 0.2) is 0 Å². The van der Waals surface area contributed by atoms with Gasteiger partial charge in [-0.15, -0.1) is 0 Å². The van der Waals surface area contributed by atoms with Gasteiger partial charge >= 0.3 is 5.97 Å². The van der Waals surface area contributed by atoms with Gasteiger partial charge in [-0.05, 0) is 12.8 Å². The number of nitrogens with one attached hydrogen (secondary N) is 1. The predicted octanol–water partition coefficient (Wildman–Crippen LogP) is -0.0139. The van der Waals surface area contributed by atoms with Crippen LogP contribution in [0.5, 0.6) is 0 Å². The van der Waals surface area contributed by atoms with Crippen molar-refractivity contribution in [3.63, 3.8) is 0 Å². The van der Waals surface area contributed by atoms with E-state index >= 15 is 0 Å². The Bertz CT molecular complexity index is 329. The summed E-state index contributed by atoms with van der Waals surface area (Å²) in [7, 11) is 1.29. The zero-order valence-electron chi connectivity index (χ0n) is 9.82. The summed E-state index contributed by atoms with van der Waals surface area (Å²) in [5, 5.41) is 11.7. The highest BCUT2D eigenvalue weighted by atomic mass is 16.5. The highest BCUT2D eigenvalue weighted by molar-refractivity contribution is 5.85. The number of nitriles is 1. The molecule has 0 atom stereocenters. The molecule has 1 heterocycles. The minimum absolute atomic E-state index is 0.111. The molecule has 1 aliphatic heterocycles. The standard InChI is InChI=1S/C11H16N2O4/c1-16-9(14)2-5-13-10(15)11(8-12)3-6-17-7-4-11/h2-7H2,1H3,(H,13,15). The maximum atomic E-state index is 11.9. The Labute approximate surface area is 99.9 Å². The van der Waals surface area contributed by atoms with Crippen molar-refractivity contribution in [1.29, 1.82) is 5.26 Å². The Morgan fingerprint density at radius 2 is 2.12 bits per heavy atom. The fourth-order valence-corrected chi connectivity index (χ4v) is 1.66. The average molecular weight is 240 g/mol. The first-order chi connectivity index (χ1) is 8.14. The summed E-state index contributed by atoms with van der Waals surface area (Å²) in [6.07, 6.45) is 0.904. The number of nitrogens with zero attached hydrogens (tertiary/aromatic N) is 1. The van der Waals surface area contributed by atoms with Crippen LogP contribution in [-0.4, -0.2) is 38.7 Å². The van der Waals surface area contributed by atoms with Gasteiger partial charge in [0.25, 0.3) is 0 Å². The number of methoxy groups -OCH3 is 1. The van der Waals surface area contributed by atoms with Crippen LogP contribution in [0.1, 0.15) is 19.3 Å². The number of rotatable bonds is 4. The molecule has 1 rings (SSSR count). The van der Waals surface area contributed by atoms with E-state index in [1.807, 2.05) is 0 Å². The molecule has 1 N–H and O–H groups in total. The van der Waals surface area contributed by atoms with Gasteiger partial charge in [-0.1, -0.05) is 0 Å². The Balaban J connectivity index is 2.45. The van der Waals surface area contributed by atoms with Crippen molar-refractivity contribution in [2.45, 2.75) is 19.3 Å². The summed E-state index contributed by atoms with van der Waals surface area (Å²) in [5.74, 6) is -0.713. The first kappa shape index (κ1) is 13.5. The summed E-state index contributed by atoms with van der Waals surface area (Å²) >= 11 is 0. The molecule has 0 aromatic carbocycles. The Kier molecular flexibility index (Phi) is 4.91. The SMILES string of the molecule is COC(=O)CCNC(=O)C1(C#N)CCOCC1. The lowest BCUT2D eigenvalue weighted by atomic mass is 9.81. The molecular weight excluding hydrogens is 224 g/mol. The third-order valence-electron chi connectivity index (χ3n) is 2.84. The highest BCUT2D eigenvalue weighted by Crippen LogP contribution is 2.29. The maximum Gasteiger partial charge on any atom is 0.307 e. The molecule has 1 aliphatic rings. The summed E-state index contributed by atoms with van der Waals surface area (Å²) in [6.45, 7) is 1.02. The fraction of sp³-hybridized carbons (Fsp3) is 0.727. The number of ether oxygens (including phenoxy) is 2. The number of esters is 1. The largest absolute Gasteiger partial charge is 0.469 e. The maximum absolute atomic E-state index is 11.9. The van der Waals surface area contributed by atoms with Crippen LogP contribution in [0.2, 0.25) is 0 Å². The minimum atomic E-state index is -1.01. The van der Waals surface area contributed by atoms with E-state index in [-0.39, 0.29) is 24.8 Å². The van der Waals surface area contributed by atoms with E-state index in [4.69, 9.17) is 10.00 Å². The van der Waals surface area contributed by atoms with Crippen molar-refractivity contribution in [1.82, 2.24) is 5.32 Å². The second-order valence-corrected chi connectivity index (χ2v) is 3.89. The lowest BCUT2D eigenvalue weighted by Crippen LogP contribution is -2.44. The molecule has 1 amide bonds. The van der Waals surface area contributed by atoms with Crippen LogP contribution in [-0.2, 0) is 19.1 Å². The van der Waals surface area contributed by atoms with Crippen molar-refractivity contribution in [3.05, 3.63) is 0 Å². The van der Waals surface area contributed by atoms with E-state index in [2.05, 4.69) is 16.1 Å². The van der Waals surface area contributed by atoms with Gasteiger partial charge in [0, 0.05) is 19.8 Å². The molecule has 0 saturated carbocycles. The van der Waals surface area contributed by atoms with Crippen LogP contribution < -0.4 is 5.32 Å². The smallest absolute Gasteiger partial charge is 0.307 e. The molecule has 0 aromatic rings. The summed E-state index contributed by atoms with van der Waals surface area (Å²) in [6, 6.07) is 2.06. The molecule has 0 unspecified atom stereocenters. The quantitative estimate of drug-likeness (QED) is 0.698. The number of carbonyl (C=O) groups excluding carboxylic acids is 2. The molecular formula is C11H16N2O4. The van der Waals surface area contributed by atoms with Gasteiger partial charge in [0.15, 0.2) is 0 Å². The number of amides is 1. The second-order valence-electron chi connectivity index (χ2n) is 3.89. The van der Waals surface area contributed by atoms with Crippen molar-refractivity contribution >= 4 is 11.9 Å².